The molecule has 0 aliphatic carbocycles. The molecule has 0 spiro atoms. The number of amides is 1. The second-order valence-electron chi connectivity index (χ2n) is 4.64. The Morgan fingerprint density at radius 2 is 2.00 bits per heavy atom. The van der Waals surface area contributed by atoms with Crippen molar-refractivity contribution in [1.82, 2.24) is 9.80 Å². The summed E-state index contributed by atoms with van der Waals surface area (Å²) in [5.74, 6) is -0.247. The highest BCUT2D eigenvalue weighted by molar-refractivity contribution is 5.73. The van der Waals surface area contributed by atoms with E-state index in [0.29, 0.717) is 6.54 Å². The number of halogens is 1. The third kappa shape index (κ3) is 2.98. The Morgan fingerprint density at radius 1 is 1.33 bits per heavy atom. The van der Waals surface area contributed by atoms with Crippen molar-refractivity contribution >= 4 is 11.6 Å². The molecular formula is C13H18FN3O. The van der Waals surface area contributed by atoms with Crippen molar-refractivity contribution in [1.29, 1.82) is 0 Å². The molecule has 1 amide bonds. The molecule has 1 aliphatic rings. The van der Waals surface area contributed by atoms with Crippen molar-refractivity contribution < 1.29 is 9.18 Å². The summed E-state index contributed by atoms with van der Waals surface area (Å²) in [6.45, 7) is 5.42. The van der Waals surface area contributed by atoms with Crippen LogP contribution in [-0.4, -0.2) is 41.9 Å². The summed E-state index contributed by atoms with van der Waals surface area (Å²) in [6.07, 6.45) is 0. The molecule has 98 valence electrons. The molecular weight excluding hydrogens is 233 g/mol. The van der Waals surface area contributed by atoms with Crippen molar-refractivity contribution in [3.63, 3.8) is 0 Å². The van der Waals surface area contributed by atoms with Crippen LogP contribution < -0.4 is 5.73 Å². The summed E-state index contributed by atoms with van der Waals surface area (Å²) in [7, 11) is 0. The maximum Gasteiger partial charge on any atom is 0.219 e. The number of rotatable bonds is 2. The monoisotopic (exact) mass is 251 g/mol. The van der Waals surface area contributed by atoms with Crippen molar-refractivity contribution in [2.45, 2.75) is 13.5 Å². The Kier molecular flexibility index (Phi) is 3.81. The van der Waals surface area contributed by atoms with Gasteiger partial charge in [0.15, 0.2) is 0 Å². The van der Waals surface area contributed by atoms with Crippen LogP contribution in [0.4, 0.5) is 10.1 Å². The number of hydrogen-bond acceptors (Lipinski definition) is 3. The highest BCUT2D eigenvalue weighted by atomic mass is 19.1. The second-order valence-corrected chi connectivity index (χ2v) is 4.64. The third-order valence-corrected chi connectivity index (χ3v) is 3.29. The van der Waals surface area contributed by atoms with Gasteiger partial charge in [-0.05, 0) is 17.7 Å². The fourth-order valence-corrected chi connectivity index (χ4v) is 2.15. The van der Waals surface area contributed by atoms with Crippen LogP contribution >= 0.6 is 0 Å². The Hall–Kier alpha value is -1.62. The van der Waals surface area contributed by atoms with Crippen LogP contribution in [0, 0.1) is 5.82 Å². The van der Waals surface area contributed by atoms with E-state index in [4.69, 9.17) is 5.73 Å². The van der Waals surface area contributed by atoms with Gasteiger partial charge in [0, 0.05) is 39.6 Å². The van der Waals surface area contributed by atoms with Crippen LogP contribution in [0.5, 0.6) is 0 Å². The first kappa shape index (κ1) is 12.8. The number of hydrogen-bond donors (Lipinski definition) is 1. The van der Waals surface area contributed by atoms with Gasteiger partial charge in [0.2, 0.25) is 5.91 Å². The zero-order valence-corrected chi connectivity index (χ0v) is 10.5. The summed E-state index contributed by atoms with van der Waals surface area (Å²) < 4.78 is 13.3. The van der Waals surface area contributed by atoms with E-state index in [0.717, 1.165) is 31.7 Å². The van der Waals surface area contributed by atoms with Crippen LogP contribution in [-0.2, 0) is 11.3 Å². The van der Waals surface area contributed by atoms with Crippen LogP contribution in [0.3, 0.4) is 0 Å². The number of nitrogen functional groups attached to an aromatic ring is 1. The van der Waals surface area contributed by atoms with Gasteiger partial charge in [-0.3, -0.25) is 9.69 Å². The van der Waals surface area contributed by atoms with Crippen LogP contribution in [0.25, 0.3) is 0 Å². The topological polar surface area (TPSA) is 49.6 Å². The summed E-state index contributed by atoms with van der Waals surface area (Å²) in [5, 5.41) is 0. The van der Waals surface area contributed by atoms with Crippen LogP contribution in [0.15, 0.2) is 18.2 Å². The molecule has 1 heterocycles. The predicted octanol–water partition coefficient (Wildman–Crippen LogP) is 1.07. The number of anilines is 1. The van der Waals surface area contributed by atoms with E-state index in [1.807, 2.05) is 11.0 Å². The molecule has 1 aromatic rings. The summed E-state index contributed by atoms with van der Waals surface area (Å²) in [6, 6.07) is 4.92. The lowest BCUT2D eigenvalue weighted by molar-refractivity contribution is -0.130. The molecule has 0 bridgehead atoms. The zero-order chi connectivity index (χ0) is 13.1. The standard InChI is InChI=1S/C13H18FN3O/c1-10(18)17-6-4-16(5-7-17)9-11-2-3-13(15)12(14)8-11/h2-3,8H,4-7,9,15H2,1H3. The van der Waals surface area contributed by atoms with Gasteiger partial charge in [0.25, 0.3) is 0 Å². The molecule has 0 atom stereocenters. The normalized spacial score (nSPS) is 16.9. The lowest BCUT2D eigenvalue weighted by Crippen LogP contribution is -2.47. The fraction of sp³-hybridized carbons (Fsp3) is 0.462. The molecule has 1 fully saturated rings. The number of benzene rings is 1. The lowest BCUT2D eigenvalue weighted by atomic mass is 10.1. The molecule has 2 N–H and O–H groups in total. The number of nitrogens with zero attached hydrogens (tertiary/aromatic N) is 2. The highest BCUT2D eigenvalue weighted by Crippen LogP contribution is 2.14. The van der Waals surface area contributed by atoms with Crippen molar-refractivity contribution in [2.24, 2.45) is 0 Å². The van der Waals surface area contributed by atoms with Gasteiger partial charge < -0.3 is 10.6 Å². The number of carbonyl (C=O) groups excluding carboxylic acids is 1. The molecule has 4 nitrogen and oxygen atoms in total. The first-order valence-electron chi connectivity index (χ1n) is 6.08. The minimum Gasteiger partial charge on any atom is -0.396 e. The predicted molar refractivity (Wildman–Crippen MR) is 68.3 cm³/mol. The van der Waals surface area contributed by atoms with Gasteiger partial charge in [-0.25, -0.2) is 4.39 Å². The maximum absolute atomic E-state index is 13.3. The molecule has 2 rings (SSSR count). The van der Waals surface area contributed by atoms with E-state index in [-0.39, 0.29) is 17.4 Å². The van der Waals surface area contributed by atoms with Gasteiger partial charge in [-0.15, -0.1) is 0 Å². The van der Waals surface area contributed by atoms with Crippen molar-refractivity contribution in [3.05, 3.63) is 29.6 Å². The molecule has 1 saturated heterocycles. The van der Waals surface area contributed by atoms with Gasteiger partial charge in [0.1, 0.15) is 5.82 Å². The molecule has 0 saturated carbocycles. The summed E-state index contributed by atoms with van der Waals surface area (Å²) >= 11 is 0. The number of nitrogens with two attached hydrogens (primary N) is 1. The number of carbonyl (C=O) groups is 1. The van der Waals surface area contributed by atoms with E-state index in [1.165, 1.54) is 6.07 Å². The van der Waals surface area contributed by atoms with Crippen molar-refractivity contribution in [3.8, 4) is 0 Å². The first-order chi connectivity index (χ1) is 8.56. The Balaban J connectivity index is 1.91. The van der Waals surface area contributed by atoms with E-state index in [2.05, 4.69) is 4.90 Å². The van der Waals surface area contributed by atoms with E-state index >= 15 is 0 Å². The number of piperazine rings is 1. The molecule has 18 heavy (non-hydrogen) atoms. The Morgan fingerprint density at radius 3 is 2.56 bits per heavy atom. The minimum absolute atomic E-state index is 0.119. The fourth-order valence-electron chi connectivity index (χ4n) is 2.15. The quantitative estimate of drug-likeness (QED) is 0.800. The summed E-state index contributed by atoms with van der Waals surface area (Å²) in [5.41, 5.74) is 6.54. The largest absolute Gasteiger partial charge is 0.396 e. The van der Waals surface area contributed by atoms with Gasteiger partial charge in [-0.2, -0.15) is 0 Å². The Labute approximate surface area is 106 Å². The lowest BCUT2D eigenvalue weighted by Gasteiger charge is -2.34. The maximum atomic E-state index is 13.3. The van der Waals surface area contributed by atoms with Gasteiger partial charge >= 0.3 is 0 Å². The minimum atomic E-state index is -0.366. The van der Waals surface area contributed by atoms with E-state index in [1.54, 1.807) is 13.0 Å². The van der Waals surface area contributed by atoms with E-state index in [9.17, 15) is 9.18 Å². The average Bonchev–Trinajstić information content (AvgIpc) is 2.34. The summed E-state index contributed by atoms with van der Waals surface area (Å²) in [4.78, 5) is 15.2. The second kappa shape index (κ2) is 5.35. The van der Waals surface area contributed by atoms with Gasteiger partial charge in [-0.1, -0.05) is 6.07 Å². The molecule has 0 aromatic heterocycles. The molecule has 1 aromatic carbocycles. The molecule has 0 radical (unpaired) electrons. The smallest absolute Gasteiger partial charge is 0.219 e. The van der Waals surface area contributed by atoms with Gasteiger partial charge in [0.05, 0.1) is 5.69 Å². The third-order valence-electron chi connectivity index (χ3n) is 3.29. The zero-order valence-electron chi connectivity index (χ0n) is 10.5. The van der Waals surface area contributed by atoms with Crippen LogP contribution in [0.1, 0.15) is 12.5 Å². The molecule has 0 unspecified atom stereocenters. The van der Waals surface area contributed by atoms with Crippen LogP contribution in [0.2, 0.25) is 0 Å². The SMILES string of the molecule is CC(=O)N1CCN(Cc2ccc(N)c(F)c2)CC1. The first-order valence-corrected chi connectivity index (χ1v) is 6.08. The molecule has 5 heteroatoms. The Bertz CT molecular complexity index is 442. The highest BCUT2D eigenvalue weighted by Gasteiger charge is 2.18. The average molecular weight is 251 g/mol. The van der Waals surface area contributed by atoms with Crippen molar-refractivity contribution in [2.75, 3.05) is 31.9 Å². The molecule has 1 aliphatic heterocycles. The van der Waals surface area contributed by atoms with E-state index < -0.39 is 0 Å².